The van der Waals surface area contributed by atoms with Gasteiger partial charge in [0, 0.05) is 18.1 Å². The molecular formula is C16H30N2. The van der Waals surface area contributed by atoms with Crippen molar-refractivity contribution >= 4 is 0 Å². The first kappa shape index (κ1) is 12.9. The Morgan fingerprint density at radius 3 is 2.50 bits per heavy atom. The molecule has 3 aliphatic rings. The summed E-state index contributed by atoms with van der Waals surface area (Å²) in [4.78, 5) is 2.76. The van der Waals surface area contributed by atoms with E-state index in [0.717, 1.165) is 30.0 Å². The number of likely N-dealkylation sites (tertiary alicyclic amines) is 1. The van der Waals surface area contributed by atoms with Crippen LogP contribution in [0.3, 0.4) is 0 Å². The summed E-state index contributed by atoms with van der Waals surface area (Å²) in [6.07, 6.45) is 10.1. The predicted molar refractivity (Wildman–Crippen MR) is 76.7 cm³/mol. The molecule has 0 amide bonds. The lowest BCUT2D eigenvalue weighted by molar-refractivity contribution is 0.102. The number of nitrogens with zero attached hydrogens (tertiary/aromatic N) is 1. The zero-order valence-corrected chi connectivity index (χ0v) is 12.2. The average Bonchev–Trinajstić information content (AvgIpc) is 2.71. The van der Waals surface area contributed by atoms with Gasteiger partial charge in [-0.1, -0.05) is 6.92 Å². The van der Waals surface area contributed by atoms with Crippen molar-refractivity contribution in [3.05, 3.63) is 0 Å². The van der Waals surface area contributed by atoms with E-state index in [4.69, 9.17) is 0 Å². The lowest BCUT2D eigenvalue weighted by atomic mass is 9.88. The number of hydrogen-bond acceptors (Lipinski definition) is 2. The molecule has 2 nitrogen and oxygen atoms in total. The molecule has 3 saturated heterocycles. The standard InChI is InChI=1S/C16H30N2/c1-12-4-3-8-18(13(12)2)9-7-14-10-15-5-6-16(11-14)17-15/h12-17H,3-11H2,1-2H3. The summed E-state index contributed by atoms with van der Waals surface area (Å²) in [6, 6.07) is 2.55. The van der Waals surface area contributed by atoms with Gasteiger partial charge in [-0.15, -0.1) is 0 Å². The van der Waals surface area contributed by atoms with E-state index in [1.54, 1.807) is 0 Å². The zero-order chi connectivity index (χ0) is 12.5. The van der Waals surface area contributed by atoms with Crippen molar-refractivity contribution in [2.24, 2.45) is 11.8 Å². The van der Waals surface area contributed by atoms with Gasteiger partial charge >= 0.3 is 0 Å². The monoisotopic (exact) mass is 250 g/mol. The highest BCUT2D eigenvalue weighted by molar-refractivity contribution is 4.92. The zero-order valence-electron chi connectivity index (χ0n) is 12.2. The number of fused-ring (bicyclic) bond motifs is 2. The van der Waals surface area contributed by atoms with Crippen molar-refractivity contribution in [1.82, 2.24) is 10.2 Å². The minimum atomic E-state index is 0.817. The number of hydrogen-bond donors (Lipinski definition) is 1. The van der Waals surface area contributed by atoms with Crippen LogP contribution in [0.25, 0.3) is 0 Å². The molecule has 0 radical (unpaired) electrons. The van der Waals surface area contributed by atoms with E-state index < -0.39 is 0 Å². The van der Waals surface area contributed by atoms with Crippen LogP contribution in [0.4, 0.5) is 0 Å². The molecule has 1 N–H and O–H groups in total. The van der Waals surface area contributed by atoms with Crippen LogP contribution in [0.2, 0.25) is 0 Å². The van der Waals surface area contributed by atoms with Crippen LogP contribution in [0, 0.1) is 11.8 Å². The van der Waals surface area contributed by atoms with Gasteiger partial charge in [0.1, 0.15) is 0 Å². The molecule has 0 aromatic heterocycles. The maximum absolute atomic E-state index is 3.76. The van der Waals surface area contributed by atoms with Crippen LogP contribution < -0.4 is 5.32 Å². The van der Waals surface area contributed by atoms with Crippen LogP contribution >= 0.6 is 0 Å². The largest absolute Gasteiger partial charge is 0.311 e. The molecule has 2 heteroatoms. The normalized spacial score (nSPS) is 45.3. The quantitative estimate of drug-likeness (QED) is 0.828. The highest BCUT2D eigenvalue weighted by Crippen LogP contribution is 2.33. The molecule has 0 spiro atoms. The number of nitrogens with one attached hydrogen (secondary N) is 1. The SMILES string of the molecule is CC1CCCN(CCC2CC3CCC(C2)N3)C1C. The summed E-state index contributed by atoms with van der Waals surface area (Å²) >= 11 is 0. The molecule has 3 aliphatic heterocycles. The Balaban J connectivity index is 1.46. The van der Waals surface area contributed by atoms with Gasteiger partial charge in [0.25, 0.3) is 0 Å². The van der Waals surface area contributed by atoms with Crippen molar-refractivity contribution in [2.75, 3.05) is 13.1 Å². The Bertz CT molecular complexity index is 266. The van der Waals surface area contributed by atoms with Crippen LogP contribution in [0.15, 0.2) is 0 Å². The fourth-order valence-corrected chi connectivity index (χ4v) is 4.50. The molecular weight excluding hydrogens is 220 g/mol. The van der Waals surface area contributed by atoms with Crippen LogP contribution in [0.5, 0.6) is 0 Å². The number of piperidine rings is 2. The van der Waals surface area contributed by atoms with E-state index in [9.17, 15) is 0 Å². The van der Waals surface area contributed by atoms with Crippen LogP contribution in [-0.4, -0.2) is 36.1 Å². The Morgan fingerprint density at radius 1 is 1.06 bits per heavy atom. The smallest absolute Gasteiger partial charge is 0.00925 e. The minimum Gasteiger partial charge on any atom is -0.311 e. The van der Waals surface area contributed by atoms with Crippen molar-refractivity contribution in [1.29, 1.82) is 0 Å². The van der Waals surface area contributed by atoms with E-state index >= 15 is 0 Å². The minimum absolute atomic E-state index is 0.817. The third kappa shape index (κ3) is 2.75. The highest BCUT2D eigenvalue weighted by Gasteiger charge is 2.33. The molecule has 0 saturated carbocycles. The second kappa shape index (κ2) is 5.50. The molecule has 0 aromatic carbocycles. The lowest BCUT2D eigenvalue weighted by Crippen LogP contribution is -2.44. The van der Waals surface area contributed by atoms with E-state index in [-0.39, 0.29) is 0 Å². The summed E-state index contributed by atoms with van der Waals surface area (Å²) in [7, 11) is 0. The van der Waals surface area contributed by atoms with Gasteiger partial charge in [-0.3, -0.25) is 0 Å². The van der Waals surface area contributed by atoms with E-state index in [1.807, 2.05) is 0 Å². The Hall–Kier alpha value is -0.0800. The molecule has 2 bridgehead atoms. The van der Waals surface area contributed by atoms with Gasteiger partial charge in [0.2, 0.25) is 0 Å². The second-order valence-electron chi connectivity index (χ2n) is 7.16. The first-order valence-electron chi connectivity index (χ1n) is 8.22. The van der Waals surface area contributed by atoms with Crippen LogP contribution in [-0.2, 0) is 0 Å². The molecule has 3 heterocycles. The van der Waals surface area contributed by atoms with Crippen molar-refractivity contribution in [3.8, 4) is 0 Å². The maximum atomic E-state index is 3.76. The van der Waals surface area contributed by atoms with E-state index in [0.29, 0.717) is 0 Å². The first-order valence-corrected chi connectivity index (χ1v) is 8.22. The fraction of sp³-hybridized carbons (Fsp3) is 1.00. The van der Waals surface area contributed by atoms with Gasteiger partial charge in [-0.2, -0.15) is 0 Å². The Kier molecular flexibility index (Phi) is 3.95. The molecule has 4 atom stereocenters. The highest BCUT2D eigenvalue weighted by atomic mass is 15.2. The first-order chi connectivity index (χ1) is 8.72. The van der Waals surface area contributed by atoms with Gasteiger partial charge < -0.3 is 10.2 Å². The third-order valence-electron chi connectivity index (χ3n) is 5.90. The third-order valence-corrected chi connectivity index (χ3v) is 5.90. The summed E-state index contributed by atoms with van der Waals surface area (Å²) in [5.74, 6) is 1.91. The van der Waals surface area contributed by atoms with E-state index in [1.165, 1.54) is 58.0 Å². The lowest BCUT2D eigenvalue weighted by Gasteiger charge is -2.39. The van der Waals surface area contributed by atoms with Gasteiger partial charge in [0.05, 0.1) is 0 Å². The van der Waals surface area contributed by atoms with E-state index in [2.05, 4.69) is 24.1 Å². The van der Waals surface area contributed by atoms with Gasteiger partial charge in [-0.05, 0) is 76.8 Å². The second-order valence-corrected chi connectivity index (χ2v) is 7.16. The van der Waals surface area contributed by atoms with Gasteiger partial charge in [-0.25, -0.2) is 0 Å². The molecule has 3 fully saturated rings. The Morgan fingerprint density at radius 2 is 1.78 bits per heavy atom. The summed E-state index contributed by atoms with van der Waals surface area (Å²) in [6.45, 7) is 7.58. The molecule has 0 aliphatic carbocycles. The van der Waals surface area contributed by atoms with Crippen LogP contribution in [0.1, 0.15) is 58.8 Å². The van der Waals surface area contributed by atoms with Crippen molar-refractivity contribution < 1.29 is 0 Å². The summed E-state index contributed by atoms with van der Waals surface area (Å²) < 4.78 is 0. The van der Waals surface area contributed by atoms with Crippen molar-refractivity contribution in [2.45, 2.75) is 76.9 Å². The molecule has 104 valence electrons. The average molecular weight is 250 g/mol. The summed E-state index contributed by atoms with van der Waals surface area (Å²) in [5, 5.41) is 3.76. The molecule has 3 rings (SSSR count). The molecule has 4 unspecified atom stereocenters. The maximum Gasteiger partial charge on any atom is 0.00925 e. The fourth-order valence-electron chi connectivity index (χ4n) is 4.50. The molecule has 0 aromatic rings. The Labute approximate surface area is 113 Å². The summed E-state index contributed by atoms with van der Waals surface area (Å²) in [5.41, 5.74) is 0. The molecule has 18 heavy (non-hydrogen) atoms. The topological polar surface area (TPSA) is 15.3 Å². The van der Waals surface area contributed by atoms with Gasteiger partial charge in [0.15, 0.2) is 0 Å². The number of rotatable bonds is 3. The predicted octanol–water partition coefficient (Wildman–Crippen LogP) is 3.03. The van der Waals surface area contributed by atoms with Crippen molar-refractivity contribution in [3.63, 3.8) is 0 Å².